The second-order valence-electron chi connectivity index (χ2n) is 8.81. The maximum atomic E-state index is 14.1. The van der Waals surface area contributed by atoms with Gasteiger partial charge in [0.15, 0.2) is 0 Å². The fraction of sp³-hybridized carbons (Fsp3) is 0.417. The van der Waals surface area contributed by atoms with Crippen LogP contribution in [0.3, 0.4) is 0 Å². The van der Waals surface area contributed by atoms with E-state index in [1.54, 1.807) is 10.7 Å². The van der Waals surface area contributed by atoms with Gasteiger partial charge in [0.25, 0.3) is 5.91 Å². The van der Waals surface area contributed by atoms with Crippen LogP contribution in [0, 0.1) is 5.82 Å². The summed E-state index contributed by atoms with van der Waals surface area (Å²) in [6.07, 6.45) is 7.99. The van der Waals surface area contributed by atoms with Crippen LogP contribution in [0.4, 0.5) is 4.39 Å². The summed E-state index contributed by atoms with van der Waals surface area (Å²) in [5, 5.41) is 4.35. The van der Waals surface area contributed by atoms with E-state index in [2.05, 4.69) is 5.10 Å². The number of amides is 1. The van der Waals surface area contributed by atoms with Gasteiger partial charge in [0.05, 0.1) is 17.3 Å². The van der Waals surface area contributed by atoms with Crippen molar-refractivity contribution in [3.8, 4) is 0 Å². The molecule has 0 radical (unpaired) electrons. The van der Waals surface area contributed by atoms with Crippen molar-refractivity contribution in [1.29, 1.82) is 0 Å². The van der Waals surface area contributed by atoms with Gasteiger partial charge in [0, 0.05) is 32.4 Å². The Balaban J connectivity index is 1.34. The molecule has 2 saturated heterocycles. The zero-order valence-corrected chi connectivity index (χ0v) is 19.2. The fourth-order valence-electron chi connectivity index (χ4n) is 4.91. The standard InChI is InChI=1S/C24H27FN4O3S/c25-21-6-2-3-7-23(21)33(31,32)28-13-8-18(9-14-28)19-10-15-29-22(16-19)20(17-26-29)24(30)27-11-4-1-5-12-27/h2-3,6-7,10,15-18H,1,4-5,8-9,11-14H2. The number of halogens is 1. The molecule has 2 aromatic heterocycles. The smallest absolute Gasteiger partial charge is 0.257 e. The van der Waals surface area contributed by atoms with E-state index < -0.39 is 15.8 Å². The summed E-state index contributed by atoms with van der Waals surface area (Å²) in [5.74, 6) is -0.542. The van der Waals surface area contributed by atoms with Gasteiger partial charge in [-0.05, 0) is 67.9 Å². The van der Waals surface area contributed by atoms with Crippen molar-refractivity contribution >= 4 is 21.4 Å². The summed E-state index contributed by atoms with van der Waals surface area (Å²) < 4.78 is 43.0. The van der Waals surface area contributed by atoms with Crippen LogP contribution in [0.2, 0.25) is 0 Å². The van der Waals surface area contributed by atoms with E-state index >= 15 is 0 Å². The Kier molecular flexibility index (Phi) is 5.92. The van der Waals surface area contributed by atoms with Crippen molar-refractivity contribution in [3.05, 3.63) is 65.7 Å². The maximum absolute atomic E-state index is 14.1. The van der Waals surface area contributed by atoms with Gasteiger partial charge in [0.2, 0.25) is 10.0 Å². The number of pyridine rings is 1. The van der Waals surface area contributed by atoms with Crippen LogP contribution >= 0.6 is 0 Å². The normalized spacial score (nSPS) is 18.6. The lowest BCUT2D eigenvalue weighted by atomic mass is 9.90. The van der Waals surface area contributed by atoms with Crippen LogP contribution < -0.4 is 0 Å². The number of aromatic nitrogens is 2. The highest BCUT2D eigenvalue weighted by Gasteiger charge is 2.32. The average Bonchev–Trinajstić information content (AvgIpc) is 3.27. The summed E-state index contributed by atoms with van der Waals surface area (Å²) in [6, 6.07) is 9.49. The van der Waals surface area contributed by atoms with Crippen LogP contribution in [0.5, 0.6) is 0 Å². The lowest BCUT2D eigenvalue weighted by molar-refractivity contribution is 0.0726. The van der Waals surface area contributed by atoms with Gasteiger partial charge in [-0.2, -0.15) is 9.40 Å². The number of nitrogens with zero attached hydrogens (tertiary/aromatic N) is 4. The number of hydrogen-bond donors (Lipinski definition) is 0. The number of rotatable bonds is 4. The molecule has 33 heavy (non-hydrogen) atoms. The minimum Gasteiger partial charge on any atom is -0.339 e. The van der Waals surface area contributed by atoms with E-state index in [-0.39, 0.29) is 16.7 Å². The highest BCUT2D eigenvalue weighted by Crippen LogP contribution is 2.32. The summed E-state index contributed by atoms with van der Waals surface area (Å²) in [6.45, 7) is 2.21. The number of carbonyl (C=O) groups excluding carboxylic acids is 1. The first kappa shape index (κ1) is 22.0. The second-order valence-corrected chi connectivity index (χ2v) is 10.7. The van der Waals surface area contributed by atoms with Crippen molar-refractivity contribution < 1.29 is 17.6 Å². The third kappa shape index (κ3) is 4.15. The van der Waals surface area contributed by atoms with Crippen LogP contribution in [0.1, 0.15) is 53.9 Å². The molecule has 2 aliphatic heterocycles. The maximum Gasteiger partial charge on any atom is 0.257 e. The van der Waals surface area contributed by atoms with Crippen LogP contribution in [0.15, 0.2) is 53.7 Å². The highest BCUT2D eigenvalue weighted by molar-refractivity contribution is 7.89. The zero-order valence-electron chi connectivity index (χ0n) is 18.4. The predicted octanol–water partition coefficient (Wildman–Crippen LogP) is 3.67. The molecule has 0 aliphatic carbocycles. The number of hydrogen-bond acceptors (Lipinski definition) is 4. The van der Waals surface area contributed by atoms with Crippen molar-refractivity contribution in [1.82, 2.24) is 18.8 Å². The number of fused-ring (bicyclic) bond motifs is 1. The third-order valence-electron chi connectivity index (χ3n) is 6.80. The van der Waals surface area contributed by atoms with E-state index in [0.717, 1.165) is 43.4 Å². The Morgan fingerprint density at radius 3 is 2.45 bits per heavy atom. The van der Waals surface area contributed by atoms with Crippen LogP contribution in [-0.2, 0) is 10.0 Å². The lowest BCUT2D eigenvalue weighted by Crippen LogP contribution is -2.38. The number of piperidine rings is 2. The molecule has 1 aromatic carbocycles. The van der Waals surface area contributed by atoms with Gasteiger partial charge in [-0.15, -0.1) is 0 Å². The SMILES string of the molecule is O=C(c1cnn2ccc(C3CCN(S(=O)(=O)c4ccccc4F)CC3)cc12)N1CCCCC1. The van der Waals surface area contributed by atoms with E-state index in [1.165, 1.54) is 28.6 Å². The van der Waals surface area contributed by atoms with E-state index in [1.807, 2.05) is 23.2 Å². The average molecular weight is 471 g/mol. The van der Waals surface area contributed by atoms with Crippen molar-refractivity contribution in [2.45, 2.75) is 42.9 Å². The Hall–Kier alpha value is -2.78. The highest BCUT2D eigenvalue weighted by atomic mass is 32.2. The molecule has 0 unspecified atom stereocenters. The molecule has 0 bridgehead atoms. The Morgan fingerprint density at radius 1 is 1.00 bits per heavy atom. The molecule has 0 N–H and O–H groups in total. The molecular weight excluding hydrogens is 443 g/mol. The number of benzene rings is 1. The van der Waals surface area contributed by atoms with Crippen molar-refractivity contribution in [3.63, 3.8) is 0 Å². The molecule has 0 atom stereocenters. The Morgan fingerprint density at radius 2 is 1.73 bits per heavy atom. The van der Waals surface area contributed by atoms with Crippen LogP contribution in [-0.4, -0.2) is 59.3 Å². The molecular formula is C24H27FN4O3S. The molecule has 5 rings (SSSR count). The molecule has 2 aliphatic rings. The molecule has 0 saturated carbocycles. The van der Waals surface area contributed by atoms with Crippen molar-refractivity contribution in [2.75, 3.05) is 26.2 Å². The minimum atomic E-state index is -3.86. The first-order valence-electron chi connectivity index (χ1n) is 11.5. The minimum absolute atomic E-state index is 0.0210. The van der Waals surface area contributed by atoms with Gasteiger partial charge in [-0.3, -0.25) is 4.79 Å². The molecule has 174 valence electrons. The molecule has 1 amide bonds. The quantitative estimate of drug-likeness (QED) is 0.583. The number of likely N-dealkylation sites (tertiary alicyclic amines) is 1. The first-order valence-corrected chi connectivity index (χ1v) is 12.9. The lowest BCUT2D eigenvalue weighted by Gasteiger charge is -2.31. The summed E-state index contributed by atoms with van der Waals surface area (Å²) in [5.41, 5.74) is 2.46. The second kappa shape index (κ2) is 8.87. The number of sulfonamides is 1. The van der Waals surface area contributed by atoms with Gasteiger partial charge in [-0.1, -0.05) is 12.1 Å². The first-order chi connectivity index (χ1) is 15.9. The molecule has 7 nitrogen and oxygen atoms in total. The van der Waals surface area contributed by atoms with E-state index in [4.69, 9.17) is 0 Å². The topological polar surface area (TPSA) is 75.0 Å². The monoisotopic (exact) mass is 470 g/mol. The van der Waals surface area contributed by atoms with Gasteiger partial charge in [-0.25, -0.2) is 17.3 Å². The van der Waals surface area contributed by atoms with E-state index in [0.29, 0.717) is 31.5 Å². The molecule has 0 spiro atoms. The molecule has 2 fully saturated rings. The van der Waals surface area contributed by atoms with Gasteiger partial charge < -0.3 is 4.90 Å². The molecule has 9 heteroatoms. The number of carbonyl (C=O) groups is 1. The third-order valence-corrected chi connectivity index (χ3v) is 8.73. The largest absolute Gasteiger partial charge is 0.339 e. The predicted molar refractivity (Wildman–Crippen MR) is 122 cm³/mol. The van der Waals surface area contributed by atoms with E-state index in [9.17, 15) is 17.6 Å². The Labute approximate surface area is 192 Å². The van der Waals surface area contributed by atoms with Gasteiger partial charge in [0.1, 0.15) is 10.7 Å². The zero-order chi connectivity index (χ0) is 23.0. The summed E-state index contributed by atoms with van der Waals surface area (Å²) in [7, 11) is -3.86. The summed E-state index contributed by atoms with van der Waals surface area (Å²) >= 11 is 0. The molecule has 4 heterocycles. The van der Waals surface area contributed by atoms with Crippen molar-refractivity contribution in [2.24, 2.45) is 0 Å². The Bertz CT molecular complexity index is 1280. The fourth-order valence-corrected chi connectivity index (χ4v) is 6.44. The van der Waals surface area contributed by atoms with Gasteiger partial charge >= 0.3 is 0 Å². The molecule has 3 aromatic rings. The van der Waals surface area contributed by atoms with Crippen LogP contribution in [0.25, 0.3) is 5.52 Å². The summed E-state index contributed by atoms with van der Waals surface area (Å²) in [4.78, 5) is 14.7.